The molecular formula is C16H18FNO. The third-order valence-electron chi connectivity index (χ3n) is 2.92. The van der Waals surface area contributed by atoms with Gasteiger partial charge in [0.2, 0.25) is 0 Å². The molecule has 1 atom stereocenters. The van der Waals surface area contributed by atoms with E-state index >= 15 is 0 Å². The molecule has 0 aromatic heterocycles. The molecule has 0 radical (unpaired) electrons. The van der Waals surface area contributed by atoms with Crippen LogP contribution in [0, 0.1) is 5.82 Å². The van der Waals surface area contributed by atoms with Gasteiger partial charge in [-0.1, -0.05) is 30.3 Å². The van der Waals surface area contributed by atoms with Crippen LogP contribution in [0.2, 0.25) is 0 Å². The Labute approximate surface area is 113 Å². The molecule has 19 heavy (non-hydrogen) atoms. The molecule has 2 rings (SSSR count). The van der Waals surface area contributed by atoms with Crippen LogP contribution in [0.4, 0.5) is 4.39 Å². The van der Waals surface area contributed by atoms with Crippen molar-refractivity contribution in [2.45, 2.75) is 12.5 Å². The summed E-state index contributed by atoms with van der Waals surface area (Å²) >= 11 is 0. The standard InChI is InChI=1S/C16H18FNO/c1-18-12-11-16(13-5-3-2-4-6-13)19-15-9-7-14(17)8-10-15/h2-10,16,18H,11-12H2,1H3. The molecule has 1 N–H and O–H groups in total. The van der Waals surface area contributed by atoms with Gasteiger partial charge in [-0.25, -0.2) is 4.39 Å². The van der Waals surface area contributed by atoms with Gasteiger partial charge in [-0.05, 0) is 43.4 Å². The van der Waals surface area contributed by atoms with E-state index in [9.17, 15) is 4.39 Å². The fourth-order valence-electron chi connectivity index (χ4n) is 1.91. The lowest BCUT2D eigenvalue weighted by Gasteiger charge is -2.19. The first kappa shape index (κ1) is 13.6. The molecule has 0 saturated carbocycles. The van der Waals surface area contributed by atoms with Crippen molar-refractivity contribution in [2.75, 3.05) is 13.6 Å². The molecule has 2 nitrogen and oxygen atoms in total. The van der Waals surface area contributed by atoms with Crippen molar-refractivity contribution >= 4 is 0 Å². The lowest BCUT2D eigenvalue weighted by Crippen LogP contribution is -2.16. The van der Waals surface area contributed by atoms with Crippen molar-refractivity contribution in [1.29, 1.82) is 0 Å². The van der Waals surface area contributed by atoms with Crippen LogP contribution in [0.3, 0.4) is 0 Å². The highest BCUT2D eigenvalue weighted by Crippen LogP contribution is 2.24. The third kappa shape index (κ3) is 4.07. The lowest BCUT2D eigenvalue weighted by atomic mass is 10.1. The Hall–Kier alpha value is -1.87. The Morgan fingerprint density at radius 3 is 2.37 bits per heavy atom. The number of rotatable bonds is 6. The first-order chi connectivity index (χ1) is 9.29. The van der Waals surface area contributed by atoms with Gasteiger partial charge in [-0.3, -0.25) is 0 Å². The summed E-state index contributed by atoms with van der Waals surface area (Å²) in [5, 5.41) is 3.12. The highest BCUT2D eigenvalue weighted by atomic mass is 19.1. The molecule has 3 heteroatoms. The lowest BCUT2D eigenvalue weighted by molar-refractivity contribution is 0.195. The molecule has 0 amide bonds. The molecule has 0 saturated heterocycles. The summed E-state index contributed by atoms with van der Waals surface area (Å²) < 4.78 is 18.8. The summed E-state index contributed by atoms with van der Waals surface area (Å²) in [6.45, 7) is 0.862. The zero-order valence-electron chi connectivity index (χ0n) is 11.0. The summed E-state index contributed by atoms with van der Waals surface area (Å²) in [6.07, 6.45) is 0.830. The fourth-order valence-corrected chi connectivity index (χ4v) is 1.91. The van der Waals surface area contributed by atoms with Gasteiger partial charge < -0.3 is 10.1 Å². The first-order valence-corrected chi connectivity index (χ1v) is 6.41. The number of halogens is 1. The Morgan fingerprint density at radius 2 is 1.74 bits per heavy atom. The van der Waals surface area contributed by atoms with E-state index in [2.05, 4.69) is 5.32 Å². The van der Waals surface area contributed by atoms with E-state index in [1.165, 1.54) is 12.1 Å². The SMILES string of the molecule is CNCCC(Oc1ccc(F)cc1)c1ccccc1. The molecule has 100 valence electrons. The zero-order chi connectivity index (χ0) is 13.5. The average Bonchev–Trinajstić information content (AvgIpc) is 2.46. The van der Waals surface area contributed by atoms with Crippen LogP contribution in [-0.2, 0) is 0 Å². The van der Waals surface area contributed by atoms with Crippen molar-refractivity contribution < 1.29 is 9.13 Å². The normalized spacial score (nSPS) is 12.1. The number of hydrogen-bond donors (Lipinski definition) is 1. The molecule has 0 aliphatic carbocycles. The highest BCUT2D eigenvalue weighted by Gasteiger charge is 2.12. The molecule has 1 unspecified atom stereocenters. The second-order valence-electron chi connectivity index (χ2n) is 4.36. The highest BCUT2D eigenvalue weighted by molar-refractivity contribution is 5.25. The largest absolute Gasteiger partial charge is 0.486 e. The van der Waals surface area contributed by atoms with Gasteiger partial charge in [0.25, 0.3) is 0 Å². The van der Waals surface area contributed by atoms with Gasteiger partial charge in [0.15, 0.2) is 0 Å². The van der Waals surface area contributed by atoms with E-state index in [1.54, 1.807) is 12.1 Å². The maximum Gasteiger partial charge on any atom is 0.125 e. The molecule has 2 aromatic carbocycles. The number of ether oxygens (including phenoxy) is 1. The van der Waals surface area contributed by atoms with E-state index in [0.29, 0.717) is 5.75 Å². The van der Waals surface area contributed by atoms with E-state index in [-0.39, 0.29) is 11.9 Å². The molecule has 0 fully saturated rings. The fraction of sp³-hybridized carbons (Fsp3) is 0.250. The zero-order valence-corrected chi connectivity index (χ0v) is 11.0. The van der Waals surface area contributed by atoms with Crippen LogP contribution in [0.25, 0.3) is 0 Å². The van der Waals surface area contributed by atoms with Crippen molar-refractivity contribution in [3.63, 3.8) is 0 Å². The van der Waals surface area contributed by atoms with Crippen LogP contribution in [0.15, 0.2) is 54.6 Å². The number of hydrogen-bond acceptors (Lipinski definition) is 2. The van der Waals surface area contributed by atoms with Crippen molar-refractivity contribution in [1.82, 2.24) is 5.32 Å². The first-order valence-electron chi connectivity index (χ1n) is 6.41. The monoisotopic (exact) mass is 259 g/mol. The summed E-state index contributed by atoms with van der Waals surface area (Å²) in [6, 6.07) is 16.2. The van der Waals surface area contributed by atoms with E-state index < -0.39 is 0 Å². The predicted octanol–water partition coefficient (Wildman–Crippen LogP) is 3.56. The summed E-state index contributed by atoms with van der Waals surface area (Å²) in [5.74, 6) is 0.435. The predicted molar refractivity (Wildman–Crippen MR) is 74.8 cm³/mol. The van der Waals surface area contributed by atoms with Crippen molar-refractivity contribution in [3.8, 4) is 5.75 Å². The van der Waals surface area contributed by atoms with Gasteiger partial charge in [-0.15, -0.1) is 0 Å². The van der Waals surface area contributed by atoms with Crippen LogP contribution < -0.4 is 10.1 Å². The van der Waals surface area contributed by atoms with E-state index in [0.717, 1.165) is 18.5 Å². The molecular weight excluding hydrogens is 241 g/mol. The summed E-state index contributed by atoms with van der Waals surface area (Å²) in [7, 11) is 1.92. The smallest absolute Gasteiger partial charge is 0.125 e. The minimum atomic E-state index is -0.251. The van der Waals surface area contributed by atoms with Gasteiger partial charge in [0.05, 0.1) is 0 Å². The quantitative estimate of drug-likeness (QED) is 0.856. The van der Waals surface area contributed by atoms with Crippen LogP contribution in [-0.4, -0.2) is 13.6 Å². The molecule has 0 heterocycles. The van der Waals surface area contributed by atoms with Crippen LogP contribution in [0.1, 0.15) is 18.1 Å². The van der Waals surface area contributed by atoms with Crippen molar-refractivity contribution in [3.05, 3.63) is 66.0 Å². The van der Waals surface area contributed by atoms with Gasteiger partial charge in [0, 0.05) is 6.42 Å². The average molecular weight is 259 g/mol. The minimum Gasteiger partial charge on any atom is -0.486 e. The van der Waals surface area contributed by atoms with Gasteiger partial charge >= 0.3 is 0 Å². The van der Waals surface area contributed by atoms with E-state index in [4.69, 9.17) is 4.74 Å². The molecule has 2 aromatic rings. The molecule has 0 aliphatic rings. The molecule has 0 bridgehead atoms. The maximum atomic E-state index is 12.9. The van der Waals surface area contributed by atoms with Gasteiger partial charge in [0.1, 0.15) is 17.7 Å². The Morgan fingerprint density at radius 1 is 1.05 bits per heavy atom. The second-order valence-corrected chi connectivity index (χ2v) is 4.36. The Bertz CT molecular complexity index is 484. The molecule has 0 aliphatic heterocycles. The topological polar surface area (TPSA) is 21.3 Å². The van der Waals surface area contributed by atoms with Crippen molar-refractivity contribution in [2.24, 2.45) is 0 Å². The molecule has 0 spiro atoms. The van der Waals surface area contributed by atoms with Gasteiger partial charge in [-0.2, -0.15) is 0 Å². The Kier molecular flexibility index (Phi) is 4.93. The minimum absolute atomic E-state index is 0.0286. The third-order valence-corrected chi connectivity index (χ3v) is 2.92. The number of benzene rings is 2. The second kappa shape index (κ2) is 6.90. The maximum absolute atomic E-state index is 12.9. The van der Waals surface area contributed by atoms with Crippen LogP contribution >= 0.6 is 0 Å². The van der Waals surface area contributed by atoms with Crippen LogP contribution in [0.5, 0.6) is 5.75 Å². The Balaban J connectivity index is 2.11. The van der Waals surface area contributed by atoms with E-state index in [1.807, 2.05) is 37.4 Å². The summed E-state index contributed by atoms with van der Waals surface area (Å²) in [4.78, 5) is 0. The number of nitrogens with one attached hydrogen (secondary N) is 1. The summed E-state index contributed by atoms with van der Waals surface area (Å²) in [5.41, 5.74) is 1.13.